The quantitative estimate of drug-likeness (QED) is 0.394. The summed E-state index contributed by atoms with van der Waals surface area (Å²) in [6.45, 7) is 0. The summed E-state index contributed by atoms with van der Waals surface area (Å²) in [7, 11) is 3.23. The van der Waals surface area contributed by atoms with E-state index in [0.717, 1.165) is 21.5 Å². The molecule has 1 heterocycles. The molecule has 158 valence electrons. The summed E-state index contributed by atoms with van der Waals surface area (Å²) in [5, 5.41) is 9.00. The van der Waals surface area contributed by atoms with E-state index in [0.29, 0.717) is 21.7 Å². The Bertz CT molecular complexity index is 1240. The maximum atomic E-state index is 13.4. The van der Waals surface area contributed by atoms with Crippen LogP contribution in [-0.4, -0.2) is 39.8 Å². The van der Waals surface area contributed by atoms with E-state index >= 15 is 0 Å². The number of carbonyl (C=O) groups is 1. The molecule has 0 saturated carbocycles. The number of anilines is 1. The summed E-state index contributed by atoms with van der Waals surface area (Å²) in [4.78, 5) is 19.7. The van der Waals surface area contributed by atoms with Gasteiger partial charge in [0.05, 0.1) is 0 Å². The van der Waals surface area contributed by atoms with Gasteiger partial charge in [0.1, 0.15) is 0 Å². The third-order valence-corrected chi connectivity index (χ3v) is 6.74. The van der Waals surface area contributed by atoms with Gasteiger partial charge >= 0.3 is 193 Å². The molecule has 0 aromatic heterocycles. The first-order chi connectivity index (χ1) is 15.6. The van der Waals surface area contributed by atoms with Crippen molar-refractivity contribution >= 4 is 41.8 Å². The number of rotatable bonds is 6. The molecule has 6 nitrogen and oxygen atoms in total. The number of nitrogens with zero attached hydrogens (tertiary/aromatic N) is 3. The summed E-state index contributed by atoms with van der Waals surface area (Å²) >= 11 is -0.232. The predicted octanol–water partition coefficient (Wildman–Crippen LogP) is 3.35. The number of aliphatic imine (C=N–C) groups is 1. The van der Waals surface area contributed by atoms with Crippen LogP contribution in [-0.2, 0) is 4.79 Å². The van der Waals surface area contributed by atoms with Crippen molar-refractivity contribution in [2.24, 2.45) is 4.99 Å². The van der Waals surface area contributed by atoms with Crippen LogP contribution in [0.15, 0.2) is 83.5 Å². The van der Waals surface area contributed by atoms with Crippen molar-refractivity contribution in [2.45, 2.75) is 0 Å². The Labute approximate surface area is 192 Å². The Kier molecular flexibility index (Phi) is 6.36. The fourth-order valence-corrected chi connectivity index (χ4v) is 5.11. The van der Waals surface area contributed by atoms with E-state index in [1.54, 1.807) is 49.5 Å². The number of hydrogen-bond donors (Lipinski definition) is 0. The Morgan fingerprint density at radius 2 is 1.69 bits per heavy atom. The molecule has 1 aliphatic rings. The van der Waals surface area contributed by atoms with Crippen LogP contribution in [0.5, 0.6) is 11.5 Å². The second-order valence-corrected chi connectivity index (χ2v) is 8.96. The molecule has 0 atom stereocenters. The Morgan fingerprint density at radius 3 is 2.34 bits per heavy atom. The van der Waals surface area contributed by atoms with Gasteiger partial charge in [0.25, 0.3) is 0 Å². The van der Waals surface area contributed by atoms with Crippen molar-refractivity contribution in [2.75, 3.05) is 19.1 Å². The third-order valence-electron chi connectivity index (χ3n) is 4.75. The number of hydrogen-bond acceptors (Lipinski definition) is 5. The van der Waals surface area contributed by atoms with E-state index in [1.807, 2.05) is 48.5 Å². The van der Waals surface area contributed by atoms with E-state index in [1.165, 1.54) is 0 Å². The zero-order chi connectivity index (χ0) is 22.5. The van der Waals surface area contributed by atoms with Crippen LogP contribution in [0.1, 0.15) is 11.1 Å². The van der Waals surface area contributed by atoms with Gasteiger partial charge in [-0.05, 0) is 0 Å². The molecular weight excluding hydrogens is 469 g/mol. The normalized spacial score (nSPS) is 14.3. The molecule has 4 rings (SSSR count). The van der Waals surface area contributed by atoms with Gasteiger partial charge in [-0.2, -0.15) is 0 Å². The molecule has 0 radical (unpaired) electrons. The van der Waals surface area contributed by atoms with Crippen molar-refractivity contribution in [3.8, 4) is 17.6 Å². The second-order valence-electron chi connectivity index (χ2n) is 6.78. The number of nitriles is 1. The van der Waals surface area contributed by atoms with Crippen LogP contribution in [0.4, 0.5) is 5.69 Å². The summed E-state index contributed by atoms with van der Waals surface area (Å²) in [6.07, 6.45) is 1.74. The summed E-state index contributed by atoms with van der Waals surface area (Å²) in [5.41, 5.74) is 2.45. The van der Waals surface area contributed by atoms with E-state index < -0.39 is 0 Å². The van der Waals surface area contributed by atoms with Crippen molar-refractivity contribution in [3.05, 3.63) is 89.6 Å². The van der Waals surface area contributed by atoms with E-state index in [4.69, 9.17) is 19.7 Å². The van der Waals surface area contributed by atoms with Crippen molar-refractivity contribution in [1.82, 2.24) is 0 Å². The molecule has 3 aromatic rings. The number of carbonyl (C=O) groups excluding carboxylic acids is 1. The minimum absolute atomic E-state index is 0.195. The molecular formula is C25H19N3O3Se. The minimum atomic E-state index is -0.232. The number of methoxy groups -OCH3 is 2. The molecule has 0 unspecified atom stereocenters. The molecule has 1 amide bonds. The summed E-state index contributed by atoms with van der Waals surface area (Å²) in [6, 6.07) is 24.3. The maximum absolute atomic E-state index is 13.4. The molecule has 0 bridgehead atoms. The van der Waals surface area contributed by atoms with Crippen LogP contribution in [0.3, 0.4) is 0 Å². The monoisotopic (exact) mass is 489 g/mol. The van der Waals surface area contributed by atoms with E-state index in [2.05, 4.69) is 6.07 Å². The summed E-state index contributed by atoms with van der Waals surface area (Å²) < 4.78 is 12.3. The first-order valence-corrected chi connectivity index (χ1v) is 11.4. The Morgan fingerprint density at radius 1 is 0.969 bits per heavy atom. The van der Waals surface area contributed by atoms with Gasteiger partial charge < -0.3 is 0 Å². The first-order valence-electron chi connectivity index (χ1n) is 9.72. The van der Waals surface area contributed by atoms with Crippen LogP contribution in [0.2, 0.25) is 0 Å². The second kappa shape index (κ2) is 9.52. The summed E-state index contributed by atoms with van der Waals surface area (Å²) in [5.74, 6) is 1.28. The number of amides is 1. The van der Waals surface area contributed by atoms with Crippen LogP contribution in [0.25, 0.3) is 6.08 Å². The average molecular weight is 488 g/mol. The van der Waals surface area contributed by atoms with Gasteiger partial charge in [-0.1, -0.05) is 0 Å². The van der Waals surface area contributed by atoms with E-state index in [-0.39, 0.29) is 20.9 Å². The van der Waals surface area contributed by atoms with Crippen molar-refractivity contribution < 1.29 is 14.3 Å². The average Bonchev–Trinajstić information content (AvgIpc) is 3.14. The fraction of sp³-hybridized carbons (Fsp3) is 0.0800. The van der Waals surface area contributed by atoms with Crippen molar-refractivity contribution in [3.63, 3.8) is 0 Å². The molecule has 32 heavy (non-hydrogen) atoms. The van der Waals surface area contributed by atoms with Crippen LogP contribution < -0.4 is 18.8 Å². The Balaban J connectivity index is 1.72. The van der Waals surface area contributed by atoms with Crippen LogP contribution in [0, 0.1) is 11.3 Å². The molecule has 0 saturated heterocycles. The number of benzene rings is 3. The molecule has 0 spiro atoms. The van der Waals surface area contributed by atoms with Gasteiger partial charge in [0, 0.05) is 0 Å². The third kappa shape index (κ3) is 4.57. The van der Waals surface area contributed by atoms with Crippen molar-refractivity contribution in [1.29, 1.82) is 5.26 Å². The topological polar surface area (TPSA) is 74.9 Å². The SMILES string of the molecule is COc1ccc(N2C(=O)/C(=C/c3ccc(C#N)cc3)N=C2[Se]c2cccc(OC)c2)cc1. The number of amidine groups is 1. The van der Waals surface area contributed by atoms with Crippen LogP contribution >= 0.6 is 0 Å². The molecule has 0 N–H and O–H groups in total. The number of ether oxygens (including phenoxy) is 2. The Hall–Kier alpha value is -3.85. The first kappa shape index (κ1) is 21.4. The fourth-order valence-electron chi connectivity index (χ4n) is 3.11. The molecule has 3 aromatic carbocycles. The predicted molar refractivity (Wildman–Crippen MR) is 125 cm³/mol. The zero-order valence-corrected chi connectivity index (χ0v) is 19.2. The zero-order valence-electron chi connectivity index (χ0n) is 17.5. The standard InChI is InChI=1S/C25H19N3O3Se/c1-30-20-12-10-19(11-13-20)28-24(29)23(14-17-6-8-18(16-26)9-7-17)27-25(28)32-22-5-3-4-21(15-22)31-2/h3-15H,1-2H3/b23-14-. The van der Waals surface area contributed by atoms with Gasteiger partial charge in [-0.25, -0.2) is 0 Å². The molecule has 7 heteroatoms. The van der Waals surface area contributed by atoms with Gasteiger partial charge in [0.15, 0.2) is 0 Å². The van der Waals surface area contributed by atoms with E-state index in [9.17, 15) is 4.79 Å². The van der Waals surface area contributed by atoms with Gasteiger partial charge in [-0.15, -0.1) is 0 Å². The van der Waals surface area contributed by atoms with Gasteiger partial charge in [-0.3, -0.25) is 0 Å². The van der Waals surface area contributed by atoms with Gasteiger partial charge in [0.2, 0.25) is 0 Å². The molecule has 0 aliphatic carbocycles. The molecule has 1 aliphatic heterocycles. The molecule has 0 fully saturated rings.